The zero-order chi connectivity index (χ0) is 22.9. The number of ether oxygens (including phenoxy) is 1. The molecule has 0 bridgehead atoms. The van der Waals surface area contributed by atoms with E-state index in [-0.39, 0.29) is 30.6 Å². The first-order valence-corrected chi connectivity index (χ1v) is 11.1. The lowest BCUT2D eigenvalue weighted by Gasteiger charge is -2.23. The Morgan fingerprint density at radius 3 is 2.50 bits per heavy atom. The Morgan fingerprint density at radius 1 is 1.19 bits per heavy atom. The molecular formula is C26H32N2O4. The summed E-state index contributed by atoms with van der Waals surface area (Å²) in [5.74, 6) is 0.111. The number of carbonyl (C=O) groups is 2. The monoisotopic (exact) mass is 436 g/mol. The van der Waals surface area contributed by atoms with Gasteiger partial charge in [0.05, 0.1) is 18.8 Å². The van der Waals surface area contributed by atoms with Crippen LogP contribution < -0.4 is 4.90 Å². The molecule has 2 aromatic rings. The normalized spacial score (nSPS) is 18.0. The van der Waals surface area contributed by atoms with Crippen molar-refractivity contribution in [2.45, 2.75) is 38.3 Å². The Morgan fingerprint density at radius 2 is 1.88 bits per heavy atom. The first kappa shape index (κ1) is 23.7. The van der Waals surface area contributed by atoms with Crippen LogP contribution in [0, 0.1) is 5.92 Å². The van der Waals surface area contributed by atoms with Gasteiger partial charge in [-0.15, -0.1) is 0 Å². The van der Waals surface area contributed by atoms with Crippen LogP contribution in [0.25, 0.3) is 0 Å². The number of hydrogen-bond donors (Lipinski definition) is 1. The average molecular weight is 437 g/mol. The van der Waals surface area contributed by atoms with E-state index >= 15 is 0 Å². The molecule has 0 unspecified atom stereocenters. The van der Waals surface area contributed by atoms with Gasteiger partial charge >= 0.3 is 0 Å². The molecule has 3 rings (SSSR count). The van der Waals surface area contributed by atoms with Gasteiger partial charge in [-0.05, 0) is 42.7 Å². The van der Waals surface area contributed by atoms with Crippen molar-refractivity contribution in [1.82, 2.24) is 4.90 Å². The third-order valence-corrected chi connectivity index (χ3v) is 6.01. The van der Waals surface area contributed by atoms with Gasteiger partial charge in [-0.25, -0.2) is 0 Å². The number of methoxy groups -OCH3 is 1. The van der Waals surface area contributed by atoms with E-state index in [2.05, 4.69) is 6.92 Å². The van der Waals surface area contributed by atoms with Gasteiger partial charge in [0, 0.05) is 37.4 Å². The number of nitrogens with zero attached hydrogens (tertiary/aromatic N) is 2. The second-order valence-electron chi connectivity index (χ2n) is 8.12. The van der Waals surface area contributed by atoms with Crippen molar-refractivity contribution in [2.75, 3.05) is 25.2 Å². The largest absolute Gasteiger partial charge is 0.394 e. The minimum absolute atomic E-state index is 0.0272. The molecule has 170 valence electrons. The SMILES string of the molecule is CO[C@@H](c1ccc(N(C=O)c2ccccc2)cc1)[C@@H](C)/C=C/CC(=O)N1CCC[C@H]1CO. The number of benzene rings is 2. The van der Waals surface area contributed by atoms with E-state index < -0.39 is 0 Å². The molecule has 1 aliphatic rings. The molecule has 6 heteroatoms. The van der Waals surface area contributed by atoms with Crippen molar-refractivity contribution in [3.8, 4) is 0 Å². The highest BCUT2D eigenvalue weighted by Crippen LogP contribution is 2.30. The lowest BCUT2D eigenvalue weighted by atomic mass is 9.96. The summed E-state index contributed by atoms with van der Waals surface area (Å²) in [7, 11) is 1.67. The molecule has 0 aromatic heterocycles. The van der Waals surface area contributed by atoms with Crippen molar-refractivity contribution >= 4 is 23.7 Å². The summed E-state index contributed by atoms with van der Waals surface area (Å²) in [6.07, 6.45) is 6.67. The molecule has 2 aromatic carbocycles. The van der Waals surface area contributed by atoms with Crippen LogP contribution in [-0.4, -0.2) is 48.6 Å². The molecule has 6 nitrogen and oxygen atoms in total. The fraction of sp³-hybridized carbons (Fsp3) is 0.385. The highest BCUT2D eigenvalue weighted by molar-refractivity contribution is 5.86. The van der Waals surface area contributed by atoms with Crippen LogP contribution in [0.4, 0.5) is 11.4 Å². The first-order valence-electron chi connectivity index (χ1n) is 11.1. The fourth-order valence-corrected chi connectivity index (χ4v) is 4.29. The van der Waals surface area contributed by atoms with Crippen LogP contribution in [-0.2, 0) is 14.3 Å². The summed E-state index contributed by atoms with van der Waals surface area (Å²) in [5, 5.41) is 9.41. The molecule has 0 radical (unpaired) electrons. The van der Waals surface area contributed by atoms with Crippen molar-refractivity contribution in [3.05, 3.63) is 72.3 Å². The molecule has 1 N–H and O–H groups in total. The summed E-state index contributed by atoms with van der Waals surface area (Å²) < 4.78 is 5.74. The second-order valence-corrected chi connectivity index (χ2v) is 8.12. The Labute approximate surface area is 190 Å². The Kier molecular flexibility index (Phi) is 8.59. The number of aliphatic hydroxyl groups is 1. The maximum absolute atomic E-state index is 12.5. The molecule has 1 fully saturated rings. The molecular weight excluding hydrogens is 404 g/mol. The molecule has 1 saturated heterocycles. The number of hydrogen-bond acceptors (Lipinski definition) is 4. The topological polar surface area (TPSA) is 70.1 Å². The van der Waals surface area contributed by atoms with E-state index in [0.717, 1.165) is 42.7 Å². The highest BCUT2D eigenvalue weighted by Gasteiger charge is 2.27. The number of likely N-dealkylation sites (tertiary alicyclic amines) is 1. The lowest BCUT2D eigenvalue weighted by Crippen LogP contribution is -2.37. The van der Waals surface area contributed by atoms with E-state index in [1.54, 1.807) is 16.9 Å². The Balaban J connectivity index is 1.63. The van der Waals surface area contributed by atoms with Crippen LogP contribution in [0.15, 0.2) is 66.7 Å². The van der Waals surface area contributed by atoms with Crippen molar-refractivity contribution in [2.24, 2.45) is 5.92 Å². The predicted molar refractivity (Wildman–Crippen MR) is 126 cm³/mol. The zero-order valence-electron chi connectivity index (χ0n) is 18.8. The van der Waals surface area contributed by atoms with Crippen molar-refractivity contribution in [1.29, 1.82) is 0 Å². The van der Waals surface area contributed by atoms with E-state index in [1.807, 2.05) is 66.7 Å². The second kappa shape index (κ2) is 11.6. The quantitative estimate of drug-likeness (QED) is 0.447. The third kappa shape index (κ3) is 5.64. The number of anilines is 2. The molecule has 0 saturated carbocycles. The van der Waals surface area contributed by atoms with Gasteiger partial charge in [-0.1, -0.05) is 49.4 Å². The molecule has 1 heterocycles. The number of rotatable bonds is 10. The molecule has 0 aliphatic carbocycles. The first-order chi connectivity index (χ1) is 15.6. The van der Waals surface area contributed by atoms with Crippen molar-refractivity contribution < 1.29 is 19.4 Å². The van der Waals surface area contributed by atoms with Crippen LogP contribution >= 0.6 is 0 Å². The molecule has 1 aliphatic heterocycles. The van der Waals surface area contributed by atoms with Gasteiger partial charge in [0.2, 0.25) is 12.3 Å². The van der Waals surface area contributed by atoms with Crippen molar-refractivity contribution in [3.63, 3.8) is 0 Å². The van der Waals surface area contributed by atoms with E-state index in [9.17, 15) is 14.7 Å². The minimum Gasteiger partial charge on any atom is -0.394 e. The lowest BCUT2D eigenvalue weighted by molar-refractivity contribution is -0.131. The predicted octanol–water partition coefficient (Wildman–Crippen LogP) is 4.23. The van der Waals surface area contributed by atoms with Gasteiger partial charge < -0.3 is 14.7 Å². The van der Waals surface area contributed by atoms with Gasteiger partial charge in [0.1, 0.15) is 0 Å². The van der Waals surface area contributed by atoms with Crippen LogP contribution in [0.5, 0.6) is 0 Å². The standard InChI is InChI=1S/C26H32N2O4/c1-20(8-6-12-25(31)27-17-7-11-24(27)18-29)26(32-2)21-13-15-23(16-14-21)28(19-30)22-9-4-3-5-10-22/h3-6,8-10,13-16,19-20,24,26,29H,7,11-12,17-18H2,1-2H3/b8-6+/t20-,24-,26+/m0/s1. The van der Waals surface area contributed by atoms with Gasteiger partial charge in [-0.3, -0.25) is 14.5 Å². The minimum atomic E-state index is -0.172. The third-order valence-electron chi connectivity index (χ3n) is 6.01. The summed E-state index contributed by atoms with van der Waals surface area (Å²) in [5.41, 5.74) is 2.59. The fourth-order valence-electron chi connectivity index (χ4n) is 4.29. The molecule has 0 spiro atoms. The smallest absolute Gasteiger partial charge is 0.226 e. The van der Waals surface area contributed by atoms with Gasteiger partial charge in [-0.2, -0.15) is 0 Å². The zero-order valence-corrected chi connectivity index (χ0v) is 18.8. The number of para-hydroxylation sites is 1. The van der Waals surface area contributed by atoms with Gasteiger partial charge in [0.25, 0.3) is 0 Å². The van der Waals surface area contributed by atoms with E-state index in [4.69, 9.17) is 4.74 Å². The summed E-state index contributed by atoms with van der Waals surface area (Å²) in [6.45, 7) is 2.80. The molecule has 32 heavy (non-hydrogen) atoms. The average Bonchev–Trinajstić information content (AvgIpc) is 3.31. The molecule has 3 atom stereocenters. The Bertz CT molecular complexity index is 898. The molecule has 2 amide bonds. The number of aliphatic hydroxyl groups excluding tert-OH is 1. The number of carbonyl (C=O) groups excluding carboxylic acids is 2. The maximum Gasteiger partial charge on any atom is 0.226 e. The van der Waals surface area contributed by atoms with Crippen LogP contribution in [0.1, 0.15) is 37.9 Å². The number of amides is 2. The highest BCUT2D eigenvalue weighted by atomic mass is 16.5. The van der Waals surface area contributed by atoms with Crippen LogP contribution in [0.2, 0.25) is 0 Å². The maximum atomic E-state index is 12.5. The van der Waals surface area contributed by atoms with E-state index in [1.165, 1.54) is 0 Å². The summed E-state index contributed by atoms with van der Waals surface area (Å²) in [4.78, 5) is 27.5. The summed E-state index contributed by atoms with van der Waals surface area (Å²) >= 11 is 0. The van der Waals surface area contributed by atoms with Crippen LogP contribution in [0.3, 0.4) is 0 Å². The van der Waals surface area contributed by atoms with Gasteiger partial charge in [0.15, 0.2) is 0 Å². The Hall–Kier alpha value is -2.96. The van der Waals surface area contributed by atoms with E-state index in [0.29, 0.717) is 6.42 Å². The summed E-state index contributed by atoms with van der Waals surface area (Å²) in [6, 6.07) is 17.2.